The zero-order valence-electron chi connectivity index (χ0n) is 15.4. The quantitative estimate of drug-likeness (QED) is 0.553. The first kappa shape index (κ1) is 18.5. The Morgan fingerprint density at radius 3 is 2.59 bits per heavy atom. The molecule has 0 aliphatic rings. The molecule has 1 heterocycles. The number of pyridine rings is 1. The Morgan fingerprint density at radius 1 is 1.11 bits per heavy atom. The second-order valence-corrected chi connectivity index (χ2v) is 6.36. The van der Waals surface area contributed by atoms with Crippen LogP contribution in [0.3, 0.4) is 0 Å². The van der Waals surface area contributed by atoms with Crippen LogP contribution in [-0.2, 0) is 6.54 Å². The lowest BCUT2D eigenvalue weighted by atomic mass is 10.0. The highest BCUT2D eigenvalue weighted by Gasteiger charge is 2.14. The molecule has 3 rings (SSSR count). The molecule has 27 heavy (non-hydrogen) atoms. The van der Waals surface area contributed by atoms with Gasteiger partial charge in [-0.25, -0.2) is 0 Å². The smallest absolute Gasteiger partial charge is 0.251 e. The molecular formula is C22H24N4O. The van der Waals surface area contributed by atoms with Gasteiger partial charge in [-0.05, 0) is 41.8 Å². The number of anilines is 2. The third-order valence-electron chi connectivity index (χ3n) is 4.44. The van der Waals surface area contributed by atoms with Gasteiger partial charge in [0, 0.05) is 24.5 Å². The van der Waals surface area contributed by atoms with Crippen LogP contribution in [0.1, 0.15) is 40.9 Å². The predicted molar refractivity (Wildman–Crippen MR) is 109 cm³/mol. The summed E-state index contributed by atoms with van der Waals surface area (Å²) >= 11 is 0. The van der Waals surface area contributed by atoms with Crippen molar-refractivity contribution in [2.75, 3.05) is 11.1 Å². The second-order valence-electron chi connectivity index (χ2n) is 6.36. The predicted octanol–water partition coefficient (Wildman–Crippen LogP) is 4.16. The molecule has 0 spiro atoms. The first-order valence-corrected chi connectivity index (χ1v) is 9.05. The molecular weight excluding hydrogens is 336 g/mol. The Bertz CT molecular complexity index is 881. The molecule has 0 bridgehead atoms. The van der Waals surface area contributed by atoms with E-state index in [2.05, 4.69) is 22.5 Å². The molecule has 0 aliphatic heterocycles. The van der Waals surface area contributed by atoms with Gasteiger partial charge >= 0.3 is 0 Å². The fourth-order valence-electron chi connectivity index (χ4n) is 2.91. The van der Waals surface area contributed by atoms with Gasteiger partial charge in [0.1, 0.15) is 0 Å². The number of carbonyl (C=O) groups excluding carboxylic acids is 1. The zero-order chi connectivity index (χ0) is 19.1. The minimum atomic E-state index is -0.129. The number of nitrogen functional groups attached to an aromatic ring is 1. The highest BCUT2D eigenvalue weighted by Crippen LogP contribution is 2.22. The molecule has 0 saturated carbocycles. The molecule has 0 radical (unpaired) electrons. The van der Waals surface area contributed by atoms with Gasteiger partial charge in [-0.2, -0.15) is 0 Å². The first-order chi connectivity index (χ1) is 13.2. The van der Waals surface area contributed by atoms with Crippen molar-refractivity contribution in [3.8, 4) is 0 Å². The molecule has 0 unspecified atom stereocenters. The standard InChI is InChI=1S/C22H24N4O/c1-2-20(17-8-4-3-5-9-17)26-22(27)18-10-11-21(19(23)13-18)25-15-16-7-6-12-24-14-16/h3-14,20,25H,2,15,23H2,1H3,(H,26,27)/t20-/m1/s1. The number of aromatic nitrogens is 1. The van der Waals surface area contributed by atoms with E-state index in [1.807, 2.05) is 48.5 Å². The van der Waals surface area contributed by atoms with Crippen molar-refractivity contribution in [1.82, 2.24) is 10.3 Å². The lowest BCUT2D eigenvalue weighted by Crippen LogP contribution is -2.28. The summed E-state index contributed by atoms with van der Waals surface area (Å²) < 4.78 is 0. The Labute approximate surface area is 159 Å². The summed E-state index contributed by atoms with van der Waals surface area (Å²) in [6, 6.07) is 19.2. The van der Waals surface area contributed by atoms with E-state index in [9.17, 15) is 4.79 Å². The van der Waals surface area contributed by atoms with E-state index in [4.69, 9.17) is 5.73 Å². The summed E-state index contributed by atoms with van der Waals surface area (Å²) in [6.07, 6.45) is 4.36. The van der Waals surface area contributed by atoms with Crippen molar-refractivity contribution in [3.05, 3.63) is 89.7 Å². The van der Waals surface area contributed by atoms with Crippen LogP contribution in [0.15, 0.2) is 73.1 Å². The molecule has 4 N–H and O–H groups in total. The number of benzene rings is 2. The molecule has 2 aromatic carbocycles. The third kappa shape index (κ3) is 4.85. The molecule has 0 aliphatic carbocycles. The summed E-state index contributed by atoms with van der Waals surface area (Å²) in [4.78, 5) is 16.7. The molecule has 1 amide bonds. The summed E-state index contributed by atoms with van der Waals surface area (Å²) in [5.41, 5.74) is 10.2. The van der Waals surface area contributed by atoms with E-state index in [0.717, 1.165) is 23.2 Å². The van der Waals surface area contributed by atoms with Gasteiger partial charge in [-0.15, -0.1) is 0 Å². The lowest BCUT2D eigenvalue weighted by molar-refractivity contribution is 0.0935. The minimum absolute atomic E-state index is 0.0247. The van der Waals surface area contributed by atoms with Crippen molar-refractivity contribution < 1.29 is 4.79 Å². The van der Waals surface area contributed by atoms with E-state index in [1.54, 1.807) is 24.5 Å². The van der Waals surface area contributed by atoms with Crippen LogP contribution in [0, 0.1) is 0 Å². The molecule has 1 aromatic heterocycles. The molecule has 3 aromatic rings. The van der Waals surface area contributed by atoms with Gasteiger partial charge in [-0.1, -0.05) is 43.3 Å². The van der Waals surface area contributed by atoms with Gasteiger partial charge in [-0.3, -0.25) is 9.78 Å². The van der Waals surface area contributed by atoms with Crippen LogP contribution in [0.25, 0.3) is 0 Å². The number of nitrogens with one attached hydrogen (secondary N) is 2. The van der Waals surface area contributed by atoms with Crippen LogP contribution in [-0.4, -0.2) is 10.9 Å². The number of hydrogen-bond donors (Lipinski definition) is 3. The number of nitrogens with two attached hydrogens (primary N) is 1. The van der Waals surface area contributed by atoms with Gasteiger partial charge in [0.2, 0.25) is 0 Å². The molecule has 5 heteroatoms. The molecule has 138 valence electrons. The van der Waals surface area contributed by atoms with Gasteiger partial charge < -0.3 is 16.4 Å². The Balaban J connectivity index is 1.66. The van der Waals surface area contributed by atoms with E-state index in [0.29, 0.717) is 17.8 Å². The van der Waals surface area contributed by atoms with Crippen LogP contribution in [0.5, 0.6) is 0 Å². The molecule has 0 fully saturated rings. The summed E-state index contributed by atoms with van der Waals surface area (Å²) in [5, 5.41) is 6.36. The number of carbonyl (C=O) groups is 1. The van der Waals surface area contributed by atoms with Crippen LogP contribution >= 0.6 is 0 Å². The maximum atomic E-state index is 12.6. The normalized spacial score (nSPS) is 11.6. The van der Waals surface area contributed by atoms with Crippen molar-refractivity contribution >= 4 is 17.3 Å². The summed E-state index contributed by atoms with van der Waals surface area (Å²) in [7, 11) is 0. The number of hydrogen-bond acceptors (Lipinski definition) is 4. The molecule has 1 atom stereocenters. The summed E-state index contributed by atoms with van der Waals surface area (Å²) in [6.45, 7) is 2.67. The summed E-state index contributed by atoms with van der Waals surface area (Å²) in [5.74, 6) is -0.129. The number of rotatable bonds is 7. The molecule has 0 saturated heterocycles. The van der Waals surface area contributed by atoms with Crippen molar-refractivity contribution in [2.45, 2.75) is 25.9 Å². The monoisotopic (exact) mass is 360 g/mol. The van der Waals surface area contributed by atoms with E-state index in [1.165, 1.54) is 0 Å². The SMILES string of the molecule is CC[C@@H](NC(=O)c1ccc(NCc2cccnc2)c(N)c1)c1ccccc1. The zero-order valence-corrected chi connectivity index (χ0v) is 15.4. The Kier molecular flexibility index (Phi) is 6.05. The average Bonchev–Trinajstić information content (AvgIpc) is 2.72. The highest BCUT2D eigenvalue weighted by molar-refractivity contribution is 5.96. The highest BCUT2D eigenvalue weighted by atomic mass is 16.1. The van der Waals surface area contributed by atoms with E-state index < -0.39 is 0 Å². The molecule has 5 nitrogen and oxygen atoms in total. The second kappa shape index (κ2) is 8.85. The topological polar surface area (TPSA) is 80.0 Å². The Morgan fingerprint density at radius 2 is 1.93 bits per heavy atom. The van der Waals surface area contributed by atoms with Gasteiger partial charge in [0.15, 0.2) is 0 Å². The Hall–Kier alpha value is -3.34. The van der Waals surface area contributed by atoms with Crippen LogP contribution < -0.4 is 16.4 Å². The first-order valence-electron chi connectivity index (χ1n) is 9.05. The van der Waals surface area contributed by atoms with E-state index in [-0.39, 0.29) is 11.9 Å². The minimum Gasteiger partial charge on any atom is -0.397 e. The largest absolute Gasteiger partial charge is 0.397 e. The average molecular weight is 360 g/mol. The van der Waals surface area contributed by atoms with Crippen molar-refractivity contribution in [1.29, 1.82) is 0 Å². The number of amides is 1. The van der Waals surface area contributed by atoms with Crippen molar-refractivity contribution in [2.24, 2.45) is 0 Å². The fourth-order valence-corrected chi connectivity index (χ4v) is 2.91. The third-order valence-corrected chi connectivity index (χ3v) is 4.44. The van der Waals surface area contributed by atoms with Gasteiger partial charge in [0.05, 0.1) is 17.4 Å². The van der Waals surface area contributed by atoms with E-state index >= 15 is 0 Å². The maximum Gasteiger partial charge on any atom is 0.251 e. The maximum absolute atomic E-state index is 12.6. The van der Waals surface area contributed by atoms with Gasteiger partial charge in [0.25, 0.3) is 5.91 Å². The fraction of sp³-hybridized carbons (Fsp3) is 0.182. The van der Waals surface area contributed by atoms with Crippen LogP contribution in [0.4, 0.5) is 11.4 Å². The lowest BCUT2D eigenvalue weighted by Gasteiger charge is -2.18. The van der Waals surface area contributed by atoms with Crippen LogP contribution in [0.2, 0.25) is 0 Å². The number of nitrogens with zero attached hydrogens (tertiary/aromatic N) is 1. The van der Waals surface area contributed by atoms with Crippen molar-refractivity contribution in [3.63, 3.8) is 0 Å².